The van der Waals surface area contributed by atoms with Crippen LogP contribution in [0.15, 0.2) is 12.1 Å². The lowest BCUT2D eigenvalue weighted by molar-refractivity contribution is 0.0497. The third kappa shape index (κ3) is 5.45. The highest BCUT2D eigenvalue weighted by Crippen LogP contribution is 2.36. The van der Waals surface area contributed by atoms with Crippen molar-refractivity contribution in [1.82, 2.24) is 0 Å². The molecule has 0 aliphatic heterocycles. The quantitative estimate of drug-likeness (QED) is 0.394. The standard InChI is InChI=1S/C19H32N2O2/c1-5-7-8-9-10-11-23-18(22)14-12-15(20)17(16(21)13-14)19(3,4)6-2/h12-13H,5-11,20-21H2,1-4H3. The maximum absolute atomic E-state index is 12.1. The molecule has 1 rings (SSSR count). The Morgan fingerprint density at radius 1 is 1.04 bits per heavy atom. The van der Waals surface area contributed by atoms with E-state index in [-0.39, 0.29) is 11.4 Å². The van der Waals surface area contributed by atoms with Crippen molar-refractivity contribution < 1.29 is 9.53 Å². The van der Waals surface area contributed by atoms with Crippen LogP contribution in [0.5, 0.6) is 0 Å². The summed E-state index contributed by atoms with van der Waals surface area (Å²) in [6.07, 6.45) is 6.54. The van der Waals surface area contributed by atoms with Crippen molar-refractivity contribution in [3.05, 3.63) is 23.3 Å². The molecule has 0 aromatic heterocycles. The second-order valence-electron chi connectivity index (χ2n) is 6.82. The molecule has 0 heterocycles. The molecule has 0 saturated carbocycles. The minimum Gasteiger partial charge on any atom is -0.462 e. The van der Waals surface area contributed by atoms with Crippen LogP contribution in [0, 0.1) is 0 Å². The van der Waals surface area contributed by atoms with Gasteiger partial charge in [-0.15, -0.1) is 0 Å². The fraction of sp³-hybridized carbons (Fsp3) is 0.632. The average molecular weight is 320 g/mol. The zero-order chi connectivity index (χ0) is 17.5. The number of ether oxygens (including phenoxy) is 1. The summed E-state index contributed by atoms with van der Waals surface area (Å²) >= 11 is 0. The number of hydrogen-bond donors (Lipinski definition) is 2. The van der Waals surface area contributed by atoms with E-state index < -0.39 is 0 Å². The van der Waals surface area contributed by atoms with Crippen LogP contribution >= 0.6 is 0 Å². The van der Waals surface area contributed by atoms with Crippen molar-refractivity contribution >= 4 is 17.3 Å². The maximum Gasteiger partial charge on any atom is 0.338 e. The Morgan fingerprint density at radius 2 is 1.61 bits per heavy atom. The topological polar surface area (TPSA) is 78.3 Å². The predicted molar refractivity (Wildman–Crippen MR) is 97.6 cm³/mol. The Labute approximate surface area is 140 Å². The Hall–Kier alpha value is -1.71. The molecule has 130 valence electrons. The molecule has 0 aliphatic carbocycles. The third-order valence-electron chi connectivity index (χ3n) is 4.48. The number of anilines is 2. The number of hydrogen-bond acceptors (Lipinski definition) is 4. The summed E-state index contributed by atoms with van der Waals surface area (Å²) in [4.78, 5) is 12.1. The van der Waals surface area contributed by atoms with Crippen LogP contribution < -0.4 is 11.5 Å². The van der Waals surface area contributed by atoms with Gasteiger partial charge in [-0.05, 0) is 30.4 Å². The molecule has 0 aliphatic rings. The van der Waals surface area contributed by atoms with E-state index in [0.29, 0.717) is 23.5 Å². The van der Waals surface area contributed by atoms with Gasteiger partial charge in [0.15, 0.2) is 0 Å². The van der Waals surface area contributed by atoms with E-state index in [9.17, 15) is 4.79 Å². The zero-order valence-electron chi connectivity index (χ0n) is 15.1. The van der Waals surface area contributed by atoms with Crippen LogP contribution in [-0.2, 0) is 10.2 Å². The minimum absolute atomic E-state index is 0.115. The van der Waals surface area contributed by atoms with E-state index in [1.54, 1.807) is 12.1 Å². The highest BCUT2D eigenvalue weighted by Gasteiger charge is 2.25. The number of rotatable bonds is 9. The summed E-state index contributed by atoms with van der Waals surface area (Å²) in [5.41, 5.74) is 14.6. The monoisotopic (exact) mass is 320 g/mol. The number of nitrogen functional groups attached to an aromatic ring is 2. The lowest BCUT2D eigenvalue weighted by Crippen LogP contribution is -2.21. The second kappa shape index (κ2) is 8.80. The van der Waals surface area contributed by atoms with Gasteiger partial charge in [-0.3, -0.25) is 0 Å². The molecule has 23 heavy (non-hydrogen) atoms. The van der Waals surface area contributed by atoms with Gasteiger partial charge in [0.2, 0.25) is 0 Å². The molecular weight excluding hydrogens is 288 g/mol. The van der Waals surface area contributed by atoms with E-state index in [1.807, 2.05) is 0 Å². The Morgan fingerprint density at radius 3 is 2.13 bits per heavy atom. The first-order chi connectivity index (χ1) is 10.8. The van der Waals surface area contributed by atoms with Crippen LogP contribution in [0.4, 0.5) is 11.4 Å². The van der Waals surface area contributed by atoms with Crippen molar-refractivity contribution in [2.24, 2.45) is 0 Å². The van der Waals surface area contributed by atoms with E-state index in [0.717, 1.165) is 24.8 Å². The molecule has 0 amide bonds. The van der Waals surface area contributed by atoms with E-state index in [1.165, 1.54) is 19.3 Å². The van der Waals surface area contributed by atoms with Crippen molar-refractivity contribution in [2.75, 3.05) is 18.1 Å². The molecule has 0 saturated heterocycles. The van der Waals surface area contributed by atoms with E-state index in [4.69, 9.17) is 16.2 Å². The van der Waals surface area contributed by atoms with Gasteiger partial charge < -0.3 is 16.2 Å². The first-order valence-electron chi connectivity index (χ1n) is 8.70. The molecule has 0 fully saturated rings. The van der Waals surface area contributed by atoms with Crippen LogP contribution in [-0.4, -0.2) is 12.6 Å². The minimum atomic E-state index is -0.347. The molecular formula is C19H32N2O2. The van der Waals surface area contributed by atoms with Gasteiger partial charge in [-0.2, -0.15) is 0 Å². The van der Waals surface area contributed by atoms with Gasteiger partial charge in [-0.1, -0.05) is 53.4 Å². The normalized spacial score (nSPS) is 11.5. The van der Waals surface area contributed by atoms with Crippen LogP contribution in [0.25, 0.3) is 0 Å². The average Bonchev–Trinajstić information content (AvgIpc) is 2.49. The second-order valence-corrected chi connectivity index (χ2v) is 6.82. The van der Waals surface area contributed by atoms with Gasteiger partial charge in [0.05, 0.1) is 12.2 Å². The number of benzene rings is 1. The molecule has 0 atom stereocenters. The molecule has 0 bridgehead atoms. The molecule has 1 aromatic carbocycles. The largest absolute Gasteiger partial charge is 0.462 e. The van der Waals surface area contributed by atoms with Crippen molar-refractivity contribution in [3.63, 3.8) is 0 Å². The van der Waals surface area contributed by atoms with E-state index in [2.05, 4.69) is 27.7 Å². The summed E-state index contributed by atoms with van der Waals surface area (Å²) in [5.74, 6) is -0.347. The summed E-state index contributed by atoms with van der Waals surface area (Å²) < 4.78 is 5.32. The fourth-order valence-corrected chi connectivity index (χ4v) is 2.72. The number of nitrogens with two attached hydrogens (primary N) is 2. The van der Waals surface area contributed by atoms with Crippen molar-refractivity contribution in [3.8, 4) is 0 Å². The molecule has 4 N–H and O–H groups in total. The van der Waals surface area contributed by atoms with Gasteiger partial charge in [0.25, 0.3) is 0 Å². The first-order valence-corrected chi connectivity index (χ1v) is 8.70. The summed E-state index contributed by atoms with van der Waals surface area (Å²) in [5, 5.41) is 0. The Balaban J connectivity index is 2.69. The maximum atomic E-state index is 12.1. The summed E-state index contributed by atoms with van der Waals surface area (Å²) in [6.45, 7) is 8.93. The number of carbonyl (C=O) groups excluding carboxylic acids is 1. The number of carbonyl (C=O) groups is 1. The van der Waals surface area contributed by atoms with Crippen LogP contribution in [0.3, 0.4) is 0 Å². The molecule has 1 aromatic rings. The number of unbranched alkanes of at least 4 members (excludes halogenated alkanes) is 4. The predicted octanol–water partition coefficient (Wildman–Crippen LogP) is 4.67. The third-order valence-corrected chi connectivity index (χ3v) is 4.48. The van der Waals surface area contributed by atoms with E-state index >= 15 is 0 Å². The number of esters is 1. The summed E-state index contributed by atoms with van der Waals surface area (Å²) in [7, 11) is 0. The van der Waals surface area contributed by atoms with Gasteiger partial charge in [0.1, 0.15) is 0 Å². The smallest absolute Gasteiger partial charge is 0.338 e. The highest BCUT2D eigenvalue weighted by molar-refractivity contribution is 5.92. The lowest BCUT2D eigenvalue weighted by Gasteiger charge is -2.27. The molecule has 0 spiro atoms. The zero-order valence-corrected chi connectivity index (χ0v) is 15.1. The van der Waals surface area contributed by atoms with Crippen molar-refractivity contribution in [2.45, 2.75) is 71.6 Å². The van der Waals surface area contributed by atoms with Gasteiger partial charge >= 0.3 is 5.97 Å². The van der Waals surface area contributed by atoms with Crippen LogP contribution in [0.2, 0.25) is 0 Å². The Bertz CT molecular complexity index is 501. The SMILES string of the molecule is CCCCCCCOC(=O)c1cc(N)c(C(C)(C)CC)c(N)c1. The molecule has 4 heteroatoms. The van der Waals surface area contributed by atoms with Crippen molar-refractivity contribution in [1.29, 1.82) is 0 Å². The van der Waals surface area contributed by atoms with Gasteiger partial charge in [-0.25, -0.2) is 4.79 Å². The Kier molecular flexibility index (Phi) is 7.40. The van der Waals surface area contributed by atoms with Crippen LogP contribution in [0.1, 0.15) is 82.1 Å². The molecule has 4 nitrogen and oxygen atoms in total. The fourth-order valence-electron chi connectivity index (χ4n) is 2.72. The first kappa shape index (κ1) is 19.3. The molecule has 0 unspecified atom stereocenters. The lowest BCUT2D eigenvalue weighted by atomic mass is 9.80. The highest BCUT2D eigenvalue weighted by atomic mass is 16.5. The molecule has 0 radical (unpaired) electrons. The summed E-state index contributed by atoms with van der Waals surface area (Å²) in [6, 6.07) is 3.37. The van der Waals surface area contributed by atoms with Gasteiger partial charge in [0, 0.05) is 16.9 Å².